The van der Waals surface area contributed by atoms with Gasteiger partial charge in [0, 0.05) is 0 Å². The molecule has 0 amide bonds. The summed E-state index contributed by atoms with van der Waals surface area (Å²) in [6, 6.07) is 7.04. The van der Waals surface area contributed by atoms with Crippen molar-refractivity contribution in [1.29, 1.82) is 0 Å². The largest absolute Gasteiger partial charge is 0.486 e. The highest BCUT2D eigenvalue weighted by atomic mass is 16.5. The Hall–Kier alpha value is -1.84. The number of methoxy groups -OCH3 is 1. The van der Waals surface area contributed by atoms with Gasteiger partial charge in [0.1, 0.15) is 12.4 Å². The van der Waals surface area contributed by atoms with Crippen LogP contribution in [0.2, 0.25) is 0 Å². The van der Waals surface area contributed by atoms with Gasteiger partial charge in [-0.1, -0.05) is 12.1 Å². The zero-order chi connectivity index (χ0) is 12.0. The third-order valence-corrected chi connectivity index (χ3v) is 1.92. The van der Waals surface area contributed by atoms with Crippen LogP contribution < -0.4 is 4.74 Å². The summed E-state index contributed by atoms with van der Waals surface area (Å²) >= 11 is 0. The zero-order valence-corrected chi connectivity index (χ0v) is 9.36. The Morgan fingerprint density at radius 3 is 2.69 bits per heavy atom. The molecule has 0 spiro atoms. The number of carbonyl (C=O) groups excluding carboxylic acids is 2. The number of esters is 1. The quantitative estimate of drug-likeness (QED) is 0.706. The van der Waals surface area contributed by atoms with E-state index in [2.05, 4.69) is 4.74 Å². The molecule has 0 aliphatic rings. The molecule has 0 heterocycles. The minimum absolute atomic E-state index is 0.0432. The molecule has 0 unspecified atom stereocenters. The van der Waals surface area contributed by atoms with E-state index in [4.69, 9.17) is 4.74 Å². The van der Waals surface area contributed by atoms with Crippen LogP contribution in [0.4, 0.5) is 0 Å². The van der Waals surface area contributed by atoms with E-state index in [1.807, 2.05) is 0 Å². The Morgan fingerprint density at radius 1 is 1.31 bits per heavy atom. The number of hydrogen-bond donors (Lipinski definition) is 0. The van der Waals surface area contributed by atoms with Crippen molar-refractivity contribution in [3.05, 3.63) is 29.8 Å². The molecule has 0 fully saturated rings. The number of ether oxygens (including phenoxy) is 2. The van der Waals surface area contributed by atoms with E-state index in [0.29, 0.717) is 5.75 Å². The van der Waals surface area contributed by atoms with Gasteiger partial charge in [0.15, 0.2) is 5.78 Å². The summed E-state index contributed by atoms with van der Waals surface area (Å²) < 4.78 is 9.78. The fourth-order valence-corrected chi connectivity index (χ4v) is 1.17. The Balaban J connectivity index is 2.63. The Morgan fingerprint density at radius 2 is 2.06 bits per heavy atom. The standard InChI is InChI=1S/C12H14O4/c1-9(13)8-16-11-5-3-4-10(6-11)7-12(14)15-2/h3-6H,7-8H2,1-2H3. The number of benzene rings is 1. The first-order valence-corrected chi connectivity index (χ1v) is 4.90. The molecular weight excluding hydrogens is 208 g/mol. The lowest BCUT2D eigenvalue weighted by Crippen LogP contribution is -2.07. The van der Waals surface area contributed by atoms with E-state index < -0.39 is 0 Å². The highest BCUT2D eigenvalue weighted by Crippen LogP contribution is 2.14. The van der Waals surface area contributed by atoms with Gasteiger partial charge in [-0.3, -0.25) is 9.59 Å². The summed E-state index contributed by atoms with van der Waals surface area (Å²) in [7, 11) is 1.35. The van der Waals surface area contributed by atoms with Crippen LogP contribution in [-0.2, 0) is 20.7 Å². The molecule has 1 rings (SSSR count). The van der Waals surface area contributed by atoms with Gasteiger partial charge in [-0.25, -0.2) is 0 Å². The number of Topliss-reactive ketones (excluding diaryl/α,β-unsaturated/α-hetero) is 1. The van der Waals surface area contributed by atoms with Crippen molar-refractivity contribution in [2.24, 2.45) is 0 Å². The van der Waals surface area contributed by atoms with Crippen LogP contribution >= 0.6 is 0 Å². The van der Waals surface area contributed by atoms with Crippen molar-refractivity contribution in [2.75, 3.05) is 13.7 Å². The SMILES string of the molecule is COC(=O)Cc1cccc(OCC(C)=O)c1. The second kappa shape index (κ2) is 5.90. The molecule has 0 saturated carbocycles. The fraction of sp³-hybridized carbons (Fsp3) is 0.333. The third kappa shape index (κ3) is 4.13. The van der Waals surface area contributed by atoms with E-state index in [9.17, 15) is 9.59 Å². The monoisotopic (exact) mass is 222 g/mol. The first kappa shape index (κ1) is 12.2. The molecular formula is C12H14O4. The Labute approximate surface area is 94.2 Å². The molecule has 86 valence electrons. The Kier molecular flexibility index (Phi) is 4.51. The van der Waals surface area contributed by atoms with Gasteiger partial charge in [0.05, 0.1) is 13.5 Å². The van der Waals surface area contributed by atoms with E-state index in [-0.39, 0.29) is 24.8 Å². The lowest BCUT2D eigenvalue weighted by Gasteiger charge is -2.05. The summed E-state index contributed by atoms with van der Waals surface area (Å²) in [5.41, 5.74) is 0.799. The van der Waals surface area contributed by atoms with Crippen molar-refractivity contribution in [3.63, 3.8) is 0 Å². The molecule has 1 aromatic rings. The lowest BCUT2D eigenvalue weighted by atomic mass is 10.1. The summed E-state index contributed by atoms with van der Waals surface area (Å²) in [5.74, 6) is 0.235. The second-order valence-corrected chi connectivity index (χ2v) is 3.39. The van der Waals surface area contributed by atoms with E-state index >= 15 is 0 Å². The van der Waals surface area contributed by atoms with Gasteiger partial charge in [-0.05, 0) is 24.6 Å². The van der Waals surface area contributed by atoms with E-state index in [1.165, 1.54) is 14.0 Å². The van der Waals surface area contributed by atoms with Crippen LogP contribution in [0.15, 0.2) is 24.3 Å². The van der Waals surface area contributed by atoms with E-state index in [0.717, 1.165) is 5.56 Å². The molecule has 0 aromatic heterocycles. The first-order valence-electron chi connectivity index (χ1n) is 4.90. The molecule has 16 heavy (non-hydrogen) atoms. The summed E-state index contributed by atoms with van der Waals surface area (Å²) in [5, 5.41) is 0. The molecule has 0 bridgehead atoms. The molecule has 4 nitrogen and oxygen atoms in total. The normalized spacial score (nSPS) is 9.62. The van der Waals surface area contributed by atoms with Crippen LogP contribution in [0, 0.1) is 0 Å². The number of hydrogen-bond acceptors (Lipinski definition) is 4. The summed E-state index contributed by atoms with van der Waals surface area (Å²) in [6.45, 7) is 1.50. The predicted octanol–water partition coefficient (Wildman–Crippen LogP) is 1.37. The molecule has 0 aliphatic heterocycles. The first-order chi connectivity index (χ1) is 7.61. The molecule has 0 aliphatic carbocycles. The molecule has 0 saturated heterocycles. The van der Waals surface area contributed by atoms with Gasteiger partial charge in [0.25, 0.3) is 0 Å². The number of carbonyl (C=O) groups is 2. The highest BCUT2D eigenvalue weighted by Gasteiger charge is 2.04. The molecule has 0 radical (unpaired) electrons. The van der Waals surface area contributed by atoms with Crippen molar-refractivity contribution in [2.45, 2.75) is 13.3 Å². The Bertz CT molecular complexity index is 384. The predicted molar refractivity (Wildman–Crippen MR) is 58.3 cm³/mol. The fourth-order valence-electron chi connectivity index (χ4n) is 1.17. The van der Waals surface area contributed by atoms with Gasteiger partial charge in [-0.2, -0.15) is 0 Å². The highest BCUT2D eigenvalue weighted by molar-refractivity contribution is 5.77. The summed E-state index contributed by atoms with van der Waals surface area (Å²) in [6.07, 6.45) is 0.202. The number of ketones is 1. The van der Waals surface area contributed by atoms with Crippen LogP contribution in [0.5, 0.6) is 5.75 Å². The minimum Gasteiger partial charge on any atom is -0.486 e. The van der Waals surface area contributed by atoms with Gasteiger partial charge in [0.2, 0.25) is 0 Å². The van der Waals surface area contributed by atoms with Crippen molar-refractivity contribution in [1.82, 2.24) is 0 Å². The third-order valence-electron chi connectivity index (χ3n) is 1.92. The zero-order valence-electron chi connectivity index (χ0n) is 9.36. The molecule has 4 heteroatoms. The van der Waals surface area contributed by atoms with Crippen LogP contribution in [0.25, 0.3) is 0 Å². The minimum atomic E-state index is -0.302. The average Bonchev–Trinajstić information content (AvgIpc) is 2.26. The van der Waals surface area contributed by atoms with Crippen molar-refractivity contribution < 1.29 is 19.1 Å². The maximum Gasteiger partial charge on any atom is 0.309 e. The number of rotatable bonds is 5. The average molecular weight is 222 g/mol. The van der Waals surface area contributed by atoms with Gasteiger partial charge in [-0.15, -0.1) is 0 Å². The van der Waals surface area contributed by atoms with Gasteiger partial charge < -0.3 is 9.47 Å². The van der Waals surface area contributed by atoms with Gasteiger partial charge >= 0.3 is 5.97 Å². The van der Waals surface area contributed by atoms with Crippen LogP contribution in [0.1, 0.15) is 12.5 Å². The van der Waals surface area contributed by atoms with Crippen molar-refractivity contribution in [3.8, 4) is 5.75 Å². The van der Waals surface area contributed by atoms with Crippen LogP contribution in [-0.4, -0.2) is 25.5 Å². The topological polar surface area (TPSA) is 52.6 Å². The van der Waals surface area contributed by atoms with Crippen LogP contribution in [0.3, 0.4) is 0 Å². The molecule has 0 atom stereocenters. The maximum atomic E-state index is 11.0. The lowest BCUT2D eigenvalue weighted by molar-refractivity contribution is -0.139. The van der Waals surface area contributed by atoms with E-state index in [1.54, 1.807) is 24.3 Å². The second-order valence-electron chi connectivity index (χ2n) is 3.39. The molecule has 0 N–H and O–H groups in total. The smallest absolute Gasteiger partial charge is 0.309 e. The maximum absolute atomic E-state index is 11.0. The molecule has 1 aromatic carbocycles. The van der Waals surface area contributed by atoms with Crippen molar-refractivity contribution >= 4 is 11.8 Å². The summed E-state index contributed by atoms with van der Waals surface area (Å²) in [4.78, 5) is 21.8.